The van der Waals surface area contributed by atoms with Crippen LogP contribution >= 0.6 is 0 Å². The van der Waals surface area contributed by atoms with Crippen molar-refractivity contribution in [3.05, 3.63) is 12.2 Å². The fourth-order valence-electron chi connectivity index (χ4n) is 2.97. The molecule has 0 aromatic heterocycles. The number of unbranched alkanes of at least 4 members (excludes halogenated alkanes) is 11. The van der Waals surface area contributed by atoms with Crippen LogP contribution in [0.15, 0.2) is 12.2 Å². The summed E-state index contributed by atoms with van der Waals surface area (Å²) in [7, 11) is 1.64. The zero-order chi connectivity index (χ0) is 21.6. The molecule has 0 fully saturated rings. The van der Waals surface area contributed by atoms with Crippen LogP contribution in [0, 0.1) is 5.92 Å². The van der Waals surface area contributed by atoms with Crippen LogP contribution in [0.4, 0.5) is 0 Å². The van der Waals surface area contributed by atoms with Gasteiger partial charge in [-0.1, -0.05) is 84.5 Å². The fraction of sp³-hybridized carbons (Fsp3) is 0.833. The van der Waals surface area contributed by atoms with E-state index in [-0.39, 0.29) is 5.92 Å². The lowest BCUT2D eigenvalue weighted by Gasteiger charge is -2.09. The Morgan fingerprint density at radius 3 is 1.72 bits per heavy atom. The molecule has 5 nitrogen and oxygen atoms in total. The maximum absolute atomic E-state index is 11.6. The van der Waals surface area contributed by atoms with Crippen LogP contribution in [0.2, 0.25) is 0 Å². The molecule has 0 aliphatic heterocycles. The van der Waals surface area contributed by atoms with Crippen molar-refractivity contribution in [2.45, 2.75) is 97.3 Å². The van der Waals surface area contributed by atoms with Gasteiger partial charge in [0.15, 0.2) is 0 Å². The van der Waals surface area contributed by atoms with E-state index in [4.69, 9.17) is 14.2 Å². The average Bonchev–Trinajstić information content (AvgIpc) is 2.72. The summed E-state index contributed by atoms with van der Waals surface area (Å²) in [5.74, 6) is -0.779. The molecule has 0 aromatic rings. The van der Waals surface area contributed by atoms with Crippen molar-refractivity contribution in [2.75, 3.05) is 26.9 Å². The monoisotopic (exact) mass is 412 g/mol. The molecule has 1 unspecified atom stereocenters. The van der Waals surface area contributed by atoms with Gasteiger partial charge in [0.2, 0.25) is 0 Å². The normalized spacial score (nSPS) is 12.2. The molecule has 0 aliphatic carbocycles. The molecule has 0 saturated heterocycles. The minimum Gasteiger partial charge on any atom is -0.463 e. The second-order valence-corrected chi connectivity index (χ2v) is 7.91. The highest BCUT2D eigenvalue weighted by molar-refractivity contribution is 5.91. The third-order valence-corrected chi connectivity index (χ3v) is 4.92. The first kappa shape index (κ1) is 27.6. The molecule has 0 rings (SSSR count). The number of hydrogen-bond donors (Lipinski definition) is 0. The third kappa shape index (κ3) is 21.2. The van der Waals surface area contributed by atoms with Gasteiger partial charge in [-0.3, -0.25) is 0 Å². The number of carbonyl (C=O) groups excluding carboxylic acids is 2. The highest BCUT2D eigenvalue weighted by Crippen LogP contribution is 2.12. The summed E-state index contributed by atoms with van der Waals surface area (Å²) in [6.07, 6.45) is 18.4. The van der Waals surface area contributed by atoms with Gasteiger partial charge < -0.3 is 14.2 Å². The van der Waals surface area contributed by atoms with Gasteiger partial charge in [-0.2, -0.15) is 0 Å². The number of hydrogen-bond acceptors (Lipinski definition) is 5. The molecule has 29 heavy (non-hydrogen) atoms. The molecule has 1 atom stereocenters. The van der Waals surface area contributed by atoms with Crippen molar-refractivity contribution in [1.29, 1.82) is 0 Å². The molecule has 170 valence electrons. The molecular formula is C24H44O5. The van der Waals surface area contributed by atoms with Crippen LogP contribution in [-0.2, 0) is 23.8 Å². The molecule has 0 aliphatic rings. The van der Waals surface area contributed by atoms with Crippen molar-refractivity contribution in [2.24, 2.45) is 5.92 Å². The zero-order valence-electron chi connectivity index (χ0n) is 19.1. The van der Waals surface area contributed by atoms with Crippen molar-refractivity contribution in [3.63, 3.8) is 0 Å². The predicted molar refractivity (Wildman–Crippen MR) is 118 cm³/mol. The Morgan fingerprint density at radius 2 is 1.21 bits per heavy atom. The number of esters is 2. The molecule has 5 heteroatoms. The Bertz CT molecular complexity index is 419. The van der Waals surface area contributed by atoms with Crippen LogP contribution in [0.5, 0.6) is 0 Å². The van der Waals surface area contributed by atoms with Gasteiger partial charge in [0.1, 0.15) is 0 Å². The second kappa shape index (κ2) is 21.4. The first-order valence-electron chi connectivity index (χ1n) is 11.6. The van der Waals surface area contributed by atoms with Crippen LogP contribution in [0.3, 0.4) is 0 Å². The van der Waals surface area contributed by atoms with E-state index in [1.807, 2.05) is 6.92 Å². The smallest absolute Gasteiger partial charge is 0.331 e. The van der Waals surface area contributed by atoms with E-state index in [0.717, 1.165) is 31.4 Å². The van der Waals surface area contributed by atoms with Crippen LogP contribution in [0.25, 0.3) is 0 Å². The van der Waals surface area contributed by atoms with Crippen molar-refractivity contribution < 1.29 is 23.8 Å². The minimum atomic E-state index is -0.517. The highest BCUT2D eigenvalue weighted by atomic mass is 16.5. The van der Waals surface area contributed by atoms with Gasteiger partial charge in [0.25, 0.3) is 0 Å². The molecule has 0 amide bonds. The van der Waals surface area contributed by atoms with Crippen LogP contribution in [-0.4, -0.2) is 38.9 Å². The number of methoxy groups -OCH3 is 1. The Kier molecular flexibility index (Phi) is 20.3. The standard InChI is InChI=1S/C24H44O5/c1-4-5-6-7-8-9-10-11-12-13-14-15-19-28-23(25)16-17-24(26)29-21-22(2)18-20-27-3/h16-17,22H,4-15,18-21H2,1-3H3/b17-16+. The Labute approximate surface area is 178 Å². The molecule has 0 spiro atoms. The SMILES string of the molecule is CCCCCCCCCCCCCCOC(=O)/C=C/C(=O)OCC(C)CCOC. The van der Waals surface area contributed by atoms with Crippen molar-refractivity contribution in [1.82, 2.24) is 0 Å². The van der Waals surface area contributed by atoms with E-state index >= 15 is 0 Å². The summed E-state index contributed by atoms with van der Waals surface area (Å²) in [5, 5.41) is 0. The van der Waals surface area contributed by atoms with E-state index in [1.54, 1.807) is 7.11 Å². The fourth-order valence-corrected chi connectivity index (χ4v) is 2.97. The van der Waals surface area contributed by atoms with Gasteiger partial charge in [0.05, 0.1) is 13.2 Å². The van der Waals surface area contributed by atoms with E-state index in [0.29, 0.717) is 19.8 Å². The third-order valence-electron chi connectivity index (χ3n) is 4.92. The first-order chi connectivity index (χ1) is 14.1. The number of rotatable bonds is 20. The maximum atomic E-state index is 11.6. The summed E-state index contributed by atoms with van der Waals surface area (Å²) in [6.45, 7) is 5.60. The lowest BCUT2D eigenvalue weighted by molar-refractivity contribution is -0.141. The lowest BCUT2D eigenvalue weighted by atomic mass is 10.1. The second-order valence-electron chi connectivity index (χ2n) is 7.91. The number of ether oxygens (including phenoxy) is 3. The summed E-state index contributed by atoms with van der Waals surface area (Å²) in [6, 6.07) is 0. The Balaban J connectivity index is 3.46. The molecule has 0 aromatic carbocycles. The average molecular weight is 413 g/mol. The first-order valence-corrected chi connectivity index (χ1v) is 11.6. The minimum absolute atomic E-state index is 0.227. The van der Waals surface area contributed by atoms with E-state index < -0.39 is 11.9 Å². The summed E-state index contributed by atoms with van der Waals surface area (Å²) in [5.41, 5.74) is 0. The molecular weight excluding hydrogens is 368 g/mol. The number of carbonyl (C=O) groups is 2. The molecule has 0 bridgehead atoms. The molecule has 0 radical (unpaired) electrons. The topological polar surface area (TPSA) is 61.8 Å². The predicted octanol–water partition coefficient (Wildman–Crippen LogP) is 6.00. The molecule has 0 N–H and O–H groups in total. The van der Waals surface area contributed by atoms with Gasteiger partial charge in [-0.05, 0) is 18.8 Å². The Morgan fingerprint density at radius 1 is 0.724 bits per heavy atom. The maximum Gasteiger partial charge on any atom is 0.331 e. The van der Waals surface area contributed by atoms with Gasteiger partial charge in [0, 0.05) is 25.9 Å². The lowest BCUT2D eigenvalue weighted by Crippen LogP contribution is -2.12. The van der Waals surface area contributed by atoms with Crippen molar-refractivity contribution >= 4 is 11.9 Å². The van der Waals surface area contributed by atoms with Crippen molar-refractivity contribution in [3.8, 4) is 0 Å². The summed E-state index contributed by atoms with van der Waals surface area (Å²) in [4.78, 5) is 23.2. The van der Waals surface area contributed by atoms with Gasteiger partial charge in [-0.25, -0.2) is 9.59 Å². The largest absolute Gasteiger partial charge is 0.463 e. The molecule has 0 heterocycles. The van der Waals surface area contributed by atoms with E-state index in [9.17, 15) is 9.59 Å². The van der Waals surface area contributed by atoms with Crippen LogP contribution in [0.1, 0.15) is 97.3 Å². The van der Waals surface area contributed by atoms with Crippen LogP contribution < -0.4 is 0 Å². The van der Waals surface area contributed by atoms with Gasteiger partial charge in [-0.15, -0.1) is 0 Å². The van der Waals surface area contributed by atoms with E-state index in [1.165, 1.54) is 64.2 Å². The Hall–Kier alpha value is -1.36. The van der Waals surface area contributed by atoms with E-state index in [2.05, 4.69) is 6.92 Å². The summed E-state index contributed by atoms with van der Waals surface area (Å²) < 4.78 is 15.2. The highest BCUT2D eigenvalue weighted by Gasteiger charge is 2.06. The summed E-state index contributed by atoms with van der Waals surface area (Å²) >= 11 is 0. The molecule has 0 saturated carbocycles. The zero-order valence-corrected chi connectivity index (χ0v) is 19.1. The quantitative estimate of drug-likeness (QED) is 0.139. The van der Waals surface area contributed by atoms with Gasteiger partial charge >= 0.3 is 11.9 Å².